The summed E-state index contributed by atoms with van der Waals surface area (Å²) in [6.45, 7) is 0.889. The van der Waals surface area contributed by atoms with Gasteiger partial charge >= 0.3 is 0 Å². The lowest BCUT2D eigenvalue weighted by Gasteiger charge is -2.44. The molecule has 0 N–H and O–H groups in total. The van der Waals surface area contributed by atoms with E-state index in [9.17, 15) is 9.18 Å². The second kappa shape index (κ2) is 8.00. The standard InChI is InChI=1S/C20H25FN4OS/c1-24-19(15-8-10-16(21)11-9-15)22-23-20(24)27-13-18(26)25-12-4-6-14-5-2-3-7-17(14)25/h8-11,14,17H,2-7,12-13H2,1H3/t14-,17-/m0/s1. The second-order valence-corrected chi connectivity index (χ2v) is 8.44. The molecule has 0 radical (unpaired) electrons. The Morgan fingerprint density at radius 3 is 2.70 bits per heavy atom. The van der Waals surface area contributed by atoms with E-state index in [-0.39, 0.29) is 11.7 Å². The van der Waals surface area contributed by atoms with E-state index in [1.807, 2.05) is 11.6 Å². The minimum absolute atomic E-state index is 0.211. The Morgan fingerprint density at radius 1 is 1.15 bits per heavy atom. The predicted octanol–water partition coefficient (Wildman–Crippen LogP) is 3.89. The van der Waals surface area contributed by atoms with Crippen LogP contribution in [0.2, 0.25) is 0 Å². The van der Waals surface area contributed by atoms with Gasteiger partial charge in [-0.15, -0.1) is 10.2 Å². The van der Waals surface area contributed by atoms with Crippen molar-refractivity contribution in [1.29, 1.82) is 0 Å². The number of thioether (sulfide) groups is 1. The highest BCUT2D eigenvalue weighted by Gasteiger charge is 2.35. The summed E-state index contributed by atoms with van der Waals surface area (Å²) in [6.07, 6.45) is 7.36. The Kier molecular flexibility index (Phi) is 5.48. The summed E-state index contributed by atoms with van der Waals surface area (Å²) in [4.78, 5) is 15.0. The quantitative estimate of drug-likeness (QED) is 0.746. The molecule has 144 valence electrons. The van der Waals surface area contributed by atoms with Crippen molar-refractivity contribution < 1.29 is 9.18 Å². The SMILES string of the molecule is Cn1c(SCC(=O)N2CCC[C@@H]3CCCC[C@@H]32)nnc1-c1ccc(F)cc1. The minimum Gasteiger partial charge on any atom is -0.339 e. The maximum absolute atomic E-state index is 13.1. The molecule has 2 atom stereocenters. The van der Waals surface area contributed by atoms with Crippen LogP contribution in [0, 0.1) is 11.7 Å². The van der Waals surface area contributed by atoms with Crippen LogP contribution in [0.5, 0.6) is 0 Å². The third-order valence-corrected chi connectivity index (χ3v) is 6.83. The van der Waals surface area contributed by atoms with Crippen LogP contribution in [-0.4, -0.2) is 43.9 Å². The number of fused-ring (bicyclic) bond motifs is 1. The third-order valence-electron chi connectivity index (χ3n) is 5.83. The summed E-state index contributed by atoms with van der Waals surface area (Å²) >= 11 is 1.43. The zero-order valence-electron chi connectivity index (χ0n) is 15.6. The van der Waals surface area contributed by atoms with Gasteiger partial charge in [0, 0.05) is 25.2 Å². The smallest absolute Gasteiger partial charge is 0.233 e. The van der Waals surface area contributed by atoms with E-state index in [1.54, 1.807) is 12.1 Å². The number of amides is 1. The van der Waals surface area contributed by atoms with Gasteiger partial charge in [0.25, 0.3) is 0 Å². The maximum atomic E-state index is 13.1. The fraction of sp³-hybridized carbons (Fsp3) is 0.550. The lowest BCUT2D eigenvalue weighted by atomic mass is 9.78. The number of likely N-dealkylation sites (tertiary alicyclic amines) is 1. The highest BCUT2D eigenvalue weighted by atomic mass is 32.2. The minimum atomic E-state index is -0.274. The van der Waals surface area contributed by atoms with Crippen LogP contribution in [-0.2, 0) is 11.8 Å². The van der Waals surface area contributed by atoms with Gasteiger partial charge in [0.1, 0.15) is 5.82 Å². The van der Waals surface area contributed by atoms with E-state index in [2.05, 4.69) is 15.1 Å². The van der Waals surface area contributed by atoms with E-state index >= 15 is 0 Å². The third kappa shape index (κ3) is 3.88. The molecule has 1 aliphatic carbocycles. The molecule has 1 amide bonds. The van der Waals surface area contributed by atoms with Gasteiger partial charge in [-0.1, -0.05) is 24.6 Å². The Labute approximate surface area is 163 Å². The molecule has 0 unspecified atom stereocenters. The molecule has 7 heteroatoms. The van der Waals surface area contributed by atoms with Crippen molar-refractivity contribution in [2.45, 2.75) is 49.7 Å². The van der Waals surface area contributed by atoms with Gasteiger partial charge < -0.3 is 9.47 Å². The maximum Gasteiger partial charge on any atom is 0.233 e. The topological polar surface area (TPSA) is 51.0 Å². The van der Waals surface area contributed by atoms with E-state index < -0.39 is 0 Å². The molecular formula is C20H25FN4OS. The average molecular weight is 389 g/mol. The van der Waals surface area contributed by atoms with Crippen molar-refractivity contribution in [3.63, 3.8) is 0 Å². The molecule has 1 saturated heterocycles. The highest BCUT2D eigenvalue weighted by Crippen LogP contribution is 2.35. The van der Waals surface area contributed by atoms with E-state index in [0.29, 0.717) is 28.7 Å². The molecule has 5 nitrogen and oxygen atoms in total. The van der Waals surface area contributed by atoms with Crippen LogP contribution in [0.4, 0.5) is 4.39 Å². The van der Waals surface area contributed by atoms with Gasteiger partial charge in [0.15, 0.2) is 11.0 Å². The van der Waals surface area contributed by atoms with Gasteiger partial charge in [-0.25, -0.2) is 4.39 Å². The first-order chi connectivity index (χ1) is 13.1. The van der Waals surface area contributed by atoms with Crippen LogP contribution < -0.4 is 0 Å². The summed E-state index contributed by atoms with van der Waals surface area (Å²) in [5, 5.41) is 9.15. The van der Waals surface area contributed by atoms with E-state index in [1.165, 1.54) is 49.6 Å². The number of carbonyl (C=O) groups excluding carboxylic acids is 1. The second-order valence-electron chi connectivity index (χ2n) is 7.50. The van der Waals surface area contributed by atoms with Crippen molar-refractivity contribution in [3.8, 4) is 11.4 Å². The first-order valence-corrected chi connectivity index (χ1v) is 10.7. The number of nitrogens with zero attached hydrogens (tertiary/aromatic N) is 4. The van der Waals surface area contributed by atoms with Crippen molar-refractivity contribution in [3.05, 3.63) is 30.1 Å². The molecule has 2 aromatic rings. The Bertz CT molecular complexity index is 805. The lowest BCUT2D eigenvalue weighted by Crippen LogP contribution is -2.50. The summed E-state index contributed by atoms with van der Waals surface area (Å²) in [5.74, 6) is 1.70. The Hall–Kier alpha value is -1.89. The normalized spacial score (nSPS) is 22.5. The highest BCUT2D eigenvalue weighted by molar-refractivity contribution is 7.99. The van der Waals surface area contributed by atoms with Crippen molar-refractivity contribution in [1.82, 2.24) is 19.7 Å². The number of carbonyl (C=O) groups is 1. The Morgan fingerprint density at radius 2 is 1.89 bits per heavy atom. The summed E-state index contributed by atoms with van der Waals surface area (Å²) in [6, 6.07) is 6.65. The van der Waals surface area contributed by atoms with Gasteiger partial charge in [0.2, 0.25) is 5.91 Å². The molecule has 2 heterocycles. The average Bonchev–Trinajstić information content (AvgIpc) is 3.07. The van der Waals surface area contributed by atoms with Gasteiger partial charge in [0.05, 0.1) is 5.75 Å². The van der Waals surface area contributed by atoms with Gasteiger partial charge in [-0.2, -0.15) is 0 Å². The van der Waals surface area contributed by atoms with Crippen molar-refractivity contribution in [2.75, 3.05) is 12.3 Å². The number of halogens is 1. The van der Waals surface area contributed by atoms with Gasteiger partial charge in [-0.05, 0) is 55.9 Å². The largest absolute Gasteiger partial charge is 0.339 e. The molecule has 4 rings (SSSR count). The van der Waals surface area contributed by atoms with Crippen molar-refractivity contribution in [2.24, 2.45) is 13.0 Å². The molecule has 1 aliphatic heterocycles. The number of hydrogen-bond donors (Lipinski definition) is 0. The van der Waals surface area contributed by atoms with Crippen LogP contribution in [0.3, 0.4) is 0 Å². The van der Waals surface area contributed by atoms with Crippen LogP contribution in [0.1, 0.15) is 38.5 Å². The first-order valence-electron chi connectivity index (χ1n) is 9.71. The molecule has 1 aromatic heterocycles. The monoisotopic (exact) mass is 388 g/mol. The number of piperidine rings is 1. The van der Waals surface area contributed by atoms with Gasteiger partial charge in [-0.3, -0.25) is 4.79 Å². The zero-order chi connectivity index (χ0) is 18.8. The number of rotatable bonds is 4. The molecule has 0 spiro atoms. The molecule has 0 bridgehead atoms. The fourth-order valence-corrected chi connectivity index (χ4v) is 5.23. The van der Waals surface area contributed by atoms with E-state index in [0.717, 1.165) is 24.9 Å². The molecule has 1 saturated carbocycles. The van der Waals surface area contributed by atoms with E-state index in [4.69, 9.17) is 0 Å². The summed E-state index contributed by atoms with van der Waals surface area (Å²) in [5.41, 5.74) is 0.811. The molecule has 2 aliphatic rings. The fourth-order valence-electron chi connectivity index (χ4n) is 4.43. The molecular weight excluding hydrogens is 363 g/mol. The Balaban J connectivity index is 1.41. The number of hydrogen-bond acceptors (Lipinski definition) is 4. The van der Waals surface area contributed by atoms with Crippen LogP contribution in [0.15, 0.2) is 29.4 Å². The molecule has 2 fully saturated rings. The number of aromatic nitrogens is 3. The lowest BCUT2D eigenvalue weighted by molar-refractivity contribution is -0.134. The molecule has 1 aromatic carbocycles. The van der Waals surface area contributed by atoms with Crippen LogP contribution in [0.25, 0.3) is 11.4 Å². The zero-order valence-corrected chi connectivity index (χ0v) is 16.4. The summed E-state index contributed by atoms with van der Waals surface area (Å²) < 4.78 is 15.0. The summed E-state index contributed by atoms with van der Waals surface area (Å²) in [7, 11) is 1.88. The predicted molar refractivity (Wildman–Crippen MR) is 104 cm³/mol. The number of benzene rings is 1. The van der Waals surface area contributed by atoms with Crippen molar-refractivity contribution >= 4 is 17.7 Å². The first kappa shape index (κ1) is 18.5. The molecule has 27 heavy (non-hydrogen) atoms. The van der Waals surface area contributed by atoms with Crippen LogP contribution >= 0.6 is 11.8 Å².